The highest BCUT2D eigenvalue weighted by molar-refractivity contribution is 7.89. The van der Waals surface area contributed by atoms with E-state index in [0.29, 0.717) is 37.4 Å². The van der Waals surface area contributed by atoms with Gasteiger partial charge in [0.25, 0.3) is 0 Å². The van der Waals surface area contributed by atoms with E-state index < -0.39 is 10.0 Å². The molecular weight excluding hydrogens is 386 g/mol. The lowest BCUT2D eigenvalue weighted by molar-refractivity contribution is -0.127. The van der Waals surface area contributed by atoms with Gasteiger partial charge in [-0.15, -0.1) is 0 Å². The topological polar surface area (TPSA) is 90.3 Å². The van der Waals surface area contributed by atoms with E-state index in [1.165, 1.54) is 54.3 Å². The van der Waals surface area contributed by atoms with Gasteiger partial charge in [0.15, 0.2) is 0 Å². The quantitative estimate of drug-likeness (QED) is 0.801. The highest BCUT2D eigenvalue weighted by Crippen LogP contribution is 2.49. The predicted molar refractivity (Wildman–Crippen MR) is 109 cm³/mol. The van der Waals surface area contributed by atoms with Crippen molar-refractivity contribution in [1.29, 1.82) is 5.26 Å². The van der Waals surface area contributed by atoms with Gasteiger partial charge >= 0.3 is 0 Å². The number of nitrogens with one attached hydrogen (secondary N) is 1. The smallest absolute Gasteiger partial charge is 0.243 e. The first-order valence-electron chi connectivity index (χ1n) is 10.7. The Kier molecular flexibility index (Phi) is 5.67. The average molecular weight is 416 g/mol. The number of nitrogens with zero attached hydrogens (tertiary/aromatic N) is 2. The number of rotatable bonds is 5. The maximum absolute atomic E-state index is 12.8. The van der Waals surface area contributed by atoms with Crippen LogP contribution in [0.25, 0.3) is 0 Å². The zero-order valence-electron chi connectivity index (χ0n) is 16.9. The fourth-order valence-corrected chi connectivity index (χ4v) is 7.03. The Labute approximate surface area is 173 Å². The summed E-state index contributed by atoms with van der Waals surface area (Å²) in [6.07, 6.45) is 6.33. The van der Waals surface area contributed by atoms with Crippen LogP contribution in [-0.2, 0) is 14.8 Å². The van der Waals surface area contributed by atoms with Crippen molar-refractivity contribution >= 4 is 15.9 Å². The minimum atomic E-state index is -3.59. The van der Waals surface area contributed by atoms with Crippen molar-refractivity contribution in [1.82, 2.24) is 9.62 Å². The van der Waals surface area contributed by atoms with E-state index in [9.17, 15) is 13.2 Å². The summed E-state index contributed by atoms with van der Waals surface area (Å²) in [6, 6.07) is 8.19. The van der Waals surface area contributed by atoms with Crippen LogP contribution < -0.4 is 5.32 Å². The Morgan fingerprint density at radius 2 is 1.83 bits per heavy atom. The lowest BCUT2D eigenvalue weighted by atomic mass is 9.83. The number of piperidine rings is 1. The van der Waals surface area contributed by atoms with Gasteiger partial charge in [0, 0.05) is 25.0 Å². The lowest BCUT2D eigenvalue weighted by Crippen LogP contribution is -2.47. The van der Waals surface area contributed by atoms with Crippen molar-refractivity contribution in [2.75, 3.05) is 13.1 Å². The van der Waals surface area contributed by atoms with E-state index in [1.807, 2.05) is 6.07 Å². The number of sulfonamides is 1. The second-order valence-corrected chi connectivity index (χ2v) is 10.9. The van der Waals surface area contributed by atoms with E-state index in [4.69, 9.17) is 5.26 Å². The van der Waals surface area contributed by atoms with Crippen LogP contribution in [0.15, 0.2) is 29.2 Å². The molecule has 1 aromatic carbocycles. The maximum Gasteiger partial charge on any atom is 0.243 e. The first-order valence-corrected chi connectivity index (χ1v) is 12.1. The Bertz CT molecular complexity index is 898. The van der Waals surface area contributed by atoms with Crippen LogP contribution in [0.1, 0.15) is 51.0 Å². The van der Waals surface area contributed by atoms with Crippen LogP contribution in [0.4, 0.5) is 0 Å². The summed E-state index contributed by atoms with van der Waals surface area (Å²) in [4.78, 5) is 13.0. The van der Waals surface area contributed by atoms with Crippen LogP contribution in [0.2, 0.25) is 0 Å². The molecule has 156 valence electrons. The molecule has 1 aromatic rings. The molecule has 1 aliphatic heterocycles. The number of nitriles is 1. The third kappa shape index (κ3) is 4.06. The van der Waals surface area contributed by atoms with E-state index >= 15 is 0 Å². The molecule has 0 radical (unpaired) electrons. The molecule has 4 atom stereocenters. The SMILES string of the molecule is C[C@@H](NC(=O)C1CCN(S(=O)(=O)c2ccc(C#N)cc2)CC1)[C@@H]1C[C@H]2CC[C@H]1C2. The van der Waals surface area contributed by atoms with Crippen LogP contribution in [0.3, 0.4) is 0 Å². The molecule has 0 spiro atoms. The van der Waals surface area contributed by atoms with Gasteiger partial charge in [-0.25, -0.2) is 8.42 Å². The molecule has 2 saturated carbocycles. The predicted octanol–water partition coefficient (Wildman–Crippen LogP) is 2.90. The highest BCUT2D eigenvalue weighted by atomic mass is 32.2. The summed E-state index contributed by atoms with van der Waals surface area (Å²) < 4.78 is 27.1. The van der Waals surface area contributed by atoms with Gasteiger partial charge in [0.1, 0.15) is 0 Å². The second kappa shape index (κ2) is 8.08. The van der Waals surface area contributed by atoms with Crippen LogP contribution in [-0.4, -0.2) is 37.8 Å². The van der Waals surface area contributed by atoms with E-state index in [1.54, 1.807) is 0 Å². The molecule has 2 aliphatic carbocycles. The van der Waals surface area contributed by atoms with E-state index in [-0.39, 0.29) is 22.8 Å². The molecule has 1 saturated heterocycles. The number of hydrogen-bond acceptors (Lipinski definition) is 4. The third-order valence-electron chi connectivity index (χ3n) is 7.25. The fraction of sp³-hybridized carbons (Fsp3) is 0.636. The summed E-state index contributed by atoms with van der Waals surface area (Å²) in [5.74, 6) is 2.20. The summed E-state index contributed by atoms with van der Waals surface area (Å²) in [6.45, 7) is 2.83. The zero-order chi connectivity index (χ0) is 20.6. The summed E-state index contributed by atoms with van der Waals surface area (Å²) in [7, 11) is -3.59. The van der Waals surface area contributed by atoms with Crippen molar-refractivity contribution in [3.8, 4) is 6.07 Å². The fourth-order valence-electron chi connectivity index (χ4n) is 5.56. The zero-order valence-corrected chi connectivity index (χ0v) is 17.7. The number of benzene rings is 1. The Hall–Kier alpha value is -1.91. The standard InChI is InChI=1S/C22H29N3O3S/c1-15(21-13-17-2-5-19(21)12-17)24-22(26)18-8-10-25(11-9-18)29(27,28)20-6-3-16(14-23)4-7-20/h3-4,6-7,15,17-19,21H,2,5,8-13H2,1H3,(H,24,26)/t15-,17+,19+,21+/m1/s1. The van der Waals surface area contributed by atoms with Gasteiger partial charge in [-0.1, -0.05) is 6.42 Å². The summed E-state index contributed by atoms with van der Waals surface area (Å²) in [5.41, 5.74) is 0.434. The van der Waals surface area contributed by atoms with Crippen molar-refractivity contribution < 1.29 is 13.2 Å². The summed E-state index contributed by atoms with van der Waals surface area (Å²) >= 11 is 0. The van der Waals surface area contributed by atoms with Crippen molar-refractivity contribution in [3.05, 3.63) is 29.8 Å². The molecule has 3 aliphatic rings. The van der Waals surface area contributed by atoms with E-state index in [0.717, 1.165) is 11.8 Å². The number of amides is 1. The molecule has 6 nitrogen and oxygen atoms in total. The van der Waals surface area contributed by atoms with Gasteiger partial charge in [-0.2, -0.15) is 9.57 Å². The third-order valence-corrected chi connectivity index (χ3v) is 9.16. The van der Waals surface area contributed by atoms with E-state index in [2.05, 4.69) is 12.2 Å². The Morgan fingerprint density at radius 3 is 2.38 bits per heavy atom. The molecule has 1 N–H and O–H groups in total. The first kappa shape index (κ1) is 20.4. The van der Waals surface area contributed by atoms with Gasteiger partial charge in [-0.3, -0.25) is 4.79 Å². The minimum Gasteiger partial charge on any atom is -0.353 e. The first-order chi connectivity index (χ1) is 13.9. The van der Waals surface area contributed by atoms with Crippen LogP contribution in [0.5, 0.6) is 0 Å². The van der Waals surface area contributed by atoms with Gasteiger partial charge in [-0.05, 0) is 81.0 Å². The Morgan fingerprint density at radius 1 is 1.14 bits per heavy atom. The number of carbonyl (C=O) groups is 1. The minimum absolute atomic E-state index is 0.0793. The molecule has 2 bridgehead atoms. The molecule has 1 heterocycles. The normalized spacial score (nSPS) is 28.8. The molecule has 7 heteroatoms. The van der Waals surface area contributed by atoms with Crippen LogP contribution in [0, 0.1) is 35.0 Å². The van der Waals surface area contributed by atoms with Gasteiger partial charge in [0.05, 0.1) is 16.5 Å². The average Bonchev–Trinajstić information content (AvgIpc) is 3.37. The molecule has 0 unspecified atom stereocenters. The maximum atomic E-state index is 12.8. The van der Waals surface area contributed by atoms with Crippen molar-refractivity contribution in [3.63, 3.8) is 0 Å². The second-order valence-electron chi connectivity index (χ2n) is 8.95. The molecule has 3 fully saturated rings. The molecular formula is C22H29N3O3S. The molecule has 1 amide bonds. The number of fused-ring (bicyclic) bond motifs is 2. The lowest BCUT2D eigenvalue weighted by Gasteiger charge is -2.33. The molecule has 29 heavy (non-hydrogen) atoms. The monoisotopic (exact) mass is 415 g/mol. The molecule has 0 aromatic heterocycles. The largest absolute Gasteiger partial charge is 0.353 e. The number of carbonyl (C=O) groups excluding carboxylic acids is 1. The van der Waals surface area contributed by atoms with Crippen LogP contribution >= 0.6 is 0 Å². The number of hydrogen-bond donors (Lipinski definition) is 1. The van der Waals surface area contributed by atoms with Gasteiger partial charge < -0.3 is 5.32 Å². The summed E-state index contributed by atoms with van der Waals surface area (Å²) in [5, 5.41) is 12.1. The molecule has 4 rings (SSSR count). The van der Waals surface area contributed by atoms with Crippen molar-refractivity contribution in [2.24, 2.45) is 23.7 Å². The van der Waals surface area contributed by atoms with Crippen molar-refractivity contribution in [2.45, 2.75) is 56.4 Å². The van der Waals surface area contributed by atoms with Gasteiger partial charge in [0.2, 0.25) is 15.9 Å². The highest BCUT2D eigenvalue weighted by Gasteiger charge is 2.42. The Balaban J connectivity index is 1.31.